The number of para-hydroxylation sites is 1. The van der Waals surface area contributed by atoms with Crippen LogP contribution < -0.4 is 4.74 Å². The number of rotatable bonds is 4. The summed E-state index contributed by atoms with van der Waals surface area (Å²) in [7, 11) is 0. The number of phenolic OH excluding ortho intramolecular Hbond substituents is 1. The Morgan fingerprint density at radius 3 is 2.67 bits per heavy atom. The van der Waals surface area contributed by atoms with Crippen molar-refractivity contribution in [3.8, 4) is 11.5 Å². The molecular weight excluding hydrogens is 277 g/mol. The lowest BCUT2D eigenvalue weighted by Gasteiger charge is -2.13. The van der Waals surface area contributed by atoms with Crippen LogP contribution in [0.1, 0.15) is 16.7 Å². The predicted molar refractivity (Wildman–Crippen MR) is 75.0 cm³/mol. The standard InChI is InChI=1S/C15H14FNO4/c1-9-7-13(18)10(2)14(16)15(9)21-8-11-5-3-4-6-12(11)17(19)20/h3-7,18H,8H2,1-2H3. The number of hydrogen-bond acceptors (Lipinski definition) is 4. The van der Waals surface area contributed by atoms with E-state index >= 15 is 0 Å². The predicted octanol–water partition coefficient (Wildman–Crippen LogP) is 3.64. The quantitative estimate of drug-likeness (QED) is 0.689. The molecule has 0 bridgehead atoms. The van der Waals surface area contributed by atoms with Crippen LogP contribution in [0, 0.1) is 29.8 Å². The number of nitro groups is 1. The van der Waals surface area contributed by atoms with Gasteiger partial charge in [-0.25, -0.2) is 4.39 Å². The summed E-state index contributed by atoms with van der Waals surface area (Å²) in [5.41, 5.74) is 0.783. The Hall–Kier alpha value is -2.63. The van der Waals surface area contributed by atoms with E-state index in [9.17, 15) is 19.6 Å². The summed E-state index contributed by atoms with van der Waals surface area (Å²) >= 11 is 0. The zero-order valence-electron chi connectivity index (χ0n) is 11.6. The summed E-state index contributed by atoms with van der Waals surface area (Å²) in [6.45, 7) is 2.90. The molecule has 0 unspecified atom stereocenters. The number of ether oxygens (including phenoxy) is 1. The number of benzene rings is 2. The Morgan fingerprint density at radius 1 is 1.33 bits per heavy atom. The lowest BCUT2D eigenvalue weighted by Crippen LogP contribution is -2.03. The van der Waals surface area contributed by atoms with E-state index in [2.05, 4.69) is 0 Å². The second kappa shape index (κ2) is 5.78. The number of aryl methyl sites for hydroxylation is 1. The molecule has 0 amide bonds. The van der Waals surface area contributed by atoms with Gasteiger partial charge in [0.2, 0.25) is 0 Å². The number of phenols is 1. The van der Waals surface area contributed by atoms with Crippen molar-refractivity contribution in [2.24, 2.45) is 0 Å². The Morgan fingerprint density at radius 2 is 2.00 bits per heavy atom. The number of hydrogen-bond donors (Lipinski definition) is 1. The van der Waals surface area contributed by atoms with E-state index in [-0.39, 0.29) is 29.4 Å². The normalized spacial score (nSPS) is 10.4. The highest BCUT2D eigenvalue weighted by atomic mass is 19.1. The first kappa shape index (κ1) is 14.8. The zero-order valence-corrected chi connectivity index (χ0v) is 11.6. The average Bonchev–Trinajstić information content (AvgIpc) is 2.45. The van der Waals surface area contributed by atoms with Crippen molar-refractivity contribution in [1.29, 1.82) is 0 Å². The largest absolute Gasteiger partial charge is 0.508 e. The van der Waals surface area contributed by atoms with Gasteiger partial charge in [-0.3, -0.25) is 10.1 Å². The first-order chi connectivity index (χ1) is 9.91. The van der Waals surface area contributed by atoms with Gasteiger partial charge in [0.1, 0.15) is 12.4 Å². The van der Waals surface area contributed by atoms with Crippen LogP contribution in [0.25, 0.3) is 0 Å². The lowest BCUT2D eigenvalue weighted by atomic mass is 10.1. The third kappa shape index (κ3) is 2.94. The summed E-state index contributed by atoms with van der Waals surface area (Å²) in [5, 5.41) is 20.4. The van der Waals surface area contributed by atoms with Gasteiger partial charge in [-0.1, -0.05) is 12.1 Å². The number of aromatic hydroxyl groups is 1. The highest BCUT2D eigenvalue weighted by Gasteiger charge is 2.17. The van der Waals surface area contributed by atoms with E-state index in [0.717, 1.165) is 0 Å². The molecule has 0 saturated carbocycles. The van der Waals surface area contributed by atoms with E-state index in [1.54, 1.807) is 25.1 Å². The molecule has 110 valence electrons. The number of halogens is 1. The molecule has 1 N–H and O–H groups in total. The van der Waals surface area contributed by atoms with Gasteiger partial charge in [0.15, 0.2) is 11.6 Å². The smallest absolute Gasteiger partial charge is 0.276 e. The molecule has 0 saturated heterocycles. The molecule has 21 heavy (non-hydrogen) atoms. The van der Waals surface area contributed by atoms with Crippen molar-refractivity contribution >= 4 is 5.69 Å². The minimum absolute atomic E-state index is 0.0107. The summed E-state index contributed by atoms with van der Waals surface area (Å²) in [5.74, 6) is -0.822. The Kier molecular flexibility index (Phi) is 4.07. The summed E-state index contributed by atoms with van der Waals surface area (Å²) in [6, 6.07) is 7.52. The first-order valence-corrected chi connectivity index (χ1v) is 6.25. The fourth-order valence-electron chi connectivity index (χ4n) is 1.97. The second-order valence-electron chi connectivity index (χ2n) is 4.66. The molecule has 0 aromatic heterocycles. The van der Waals surface area contributed by atoms with Crippen LogP contribution in [-0.2, 0) is 6.61 Å². The van der Waals surface area contributed by atoms with Gasteiger partial charge in [0.25, 0.3) is 5.69 Å². The Labute approximate surface area is 120 Å². The zero-order chi connectivity index (χ0) is 15.6. The molecule has 0 heterocycles. The highest BCUT2D eigenvalue weighted by molar-refractivity contribution is 5.46. The van der Waals surface area contributed by atoms with Gasteiger partial charge in [0.05, 0.1) is 10.5 Å². The van der Waals surface area contributed by atoms with E-state index in [4.69, 9.17) is 4.74 Å². The molecule has 0 fully saturated rings. The summed E-state index contributed by atoms with van der Waals surface area (Å²) in [4.78, 5) is 10.4. The molecule has 0 aliphatic rings. The van der Waals surface area contributed by atoms with Crippen molar-refractivity contribution in [3.63, 3.8) is 0 Å². The van der Waals surface area contributed by atoms with Gasteiger partial charge < -0.3 is 9.84 Å². The topological polar surface area (TPSA) is 72.6 Å². The maximum atomic E-state index is 14.1. The Bertz CT molecular complexity index is 700. The molecule has 0 atom stereocenters. The van der Waals surface area contributed by atoms with Crippen LogP contribution in [0.4, 0.5) is 10.1 Å². The van der Waals surface area contributed by atoms with Gasteiger partial charge >= 0.3 is 0 Å². The molecular formula is C15H14FNO4. The van der Waals surface area contributed by atoms with Crippen LogP contribution in [0.15, 0.2) is 30.3 Å². The molecule has 2 rings (SSSR count). The molecule has 0 aliphatic carbocycles. The number of nitrogens with zero attached hydrogens (tertiary/aromatic N) is 1. The third-order valence-corrected chi connectivity index (χ3v) is 3.18. The molecule has 2 aromatic rings. The van der Waals surface area contributed by atoms with E-state index in [1.807, 2.05) is 0 Å². The molecule has 5 nitrogen and oxygen atoms in total. The minimum atomic E-state index is -0.661. The highest BCUT2D eigenvalue weighted by Crippen LogP contribution is 2.32. The summed E-state index contributed by atoms with van der Waals surface area (Å²) in [6.07, 6.45) is 0. The van der Waals surface area contributed by atoms with Crippen LogP contribution in [0.2, 0.25) is 0 Å². The van der Waals surface area contributed by atoms with Gasteiger partial charge in [-0.15, -0.1) is 0 Å². The summed E-state index contributed by atoms with van der Waals surface area (Å²) < 4.78 is 19.5. The molecule has 2 aromatic carbocycles. The fourth-order valence-corrected chi connectivity index (χ4v) is 1.97. The third-order valence-electron chi connectivity index (χ3n) is 3.18. The maximum Gasteiger partial charge on any atom is 0.276 e. The molecule has 0 radical (unpaired) electrons. The van der Waals surface area contributed by atoms with Gasteiger partial charge in [-0.05, 0) is 31.5 Å². The van der Waals surface area contributed by atoms with Crippen LogP contribution >= 0.6 is 0 Å². The van der Waals surface area contributed by atoms with E-state index in [1.165, 1.54) is 19.1 Å². The first-order valence-electron chi connectivity index (χ1n) is 6.25. The van der Waals surface area contributed by atoms with Crippen LogP contribution in [-0.4, -0.2) is 10.0 Å². The van der Waals surface area contributed by atoms with Crippen molar-refractivity contribution < 1.29 is 19.2 Å². The van der Waals surface area contributed by atoms with Gasteiger partial charge in [0, 0.05) is 11.6 Å². The monoisotopic (exact) mass is 291 g/mol. The van der Waals surface area contributed by atoms with Crippen LogP contribution in [0.3, 0.4) is 0 Å². The molecule has 0 spiro atoms. The van der Waals surface area contributed by atoms with Crippen molar-refractivity contribution in [1.82, 2.24) is 0 Å². The molecule has 0 aliphatic heterocycles. The maximum absolute atomic E-state index is 14.1. The fraction of sp³-hybridized carbons (Fsp3) is 0.200. The lowest BCUT2D eigenvalue weighted by molar-refractivity contribution is -0.385. The van der Waals surface area contributed by atoms with Gasteiger partial charge in [-0.2, -0.15) is 0 Å². The molecule has 6 heteroatoms. The van der Waals surface area contributed by atoms with Crippen molar-refractivity contribution in [2.75, 3.05) is 0 Å². The SMILES string of the molecule is Cc1cc(O)c(C)c(F)c1OCc1ccccc1[N+](=O)[O-]. The second-order valence-corrected chi connectivity index (χ2v) is 4.66. The van der Waals surface area contributed by atoms with E-state index < -0.39 is 10.7 Å². The van der Waals surface area contributed by atoms with E-state index in [0.29, 0.717) is 11.1 Å². The van der Waals surface area contributed by atoms with Crippen LogP contribution in [0.5, 0.6) is 11.5 Å². The number of nitro benzene ring substituents is 1. The average molecular weight is 291 g/mol. The van der Waals surface area contributed by atoms with Crippen molar-refractivity contribution in [2.45, 2.75) is 20.5 Å². The van der Waals surface area contributed by atoms with Crippen molar-refractivity contribution in [3.05, 3.63) is 63.0 Å². The Balaban J connectivity index is 2.30. The minimum Gasteiger partial charge on any atom is -0.508 e.